The number of rotatable bonds is 6. The van der Waals surface area contributed by atoms with Gasteiger partial charge in [0.15, 0.2) is 0 Å². The molecule has 3 heterocycles. The van der Waals surface area contributed by atoms with Crippen molar-refractivity contribution in [1.29, 1.82) is 0 Å². The molecule has 2 N–H and O–H groups in total. The second kappa shape index (κ2) is 9.45. The Morgan fingerprint density at radius 2 is 1.42 bits per heavy atom. The zero-order chi connectivity index (χ0) is 22.9. The highest BCUT2D eigenvalue weighted by Gasteiger charge is 2.43. The van der Waals surface area contributed by atoms with E-state index in [1.807, 2.05) is 39.0 Å². The average Bonchev–Trinajstić information content (AvgIpc) is 3.64. The fourth-order valence-corrected chi connectivity index (χ4v) is 5.02. The number of hydrogen-bond acceptors (Lipinski definition) is 8. The molecule has 6 rings (SSSR count). The van der Waals surface area contributed by atoms with Crippen LogP contribution in [0, 0.1) is 0 Å². The minimum absolute atomic E-state index is 0.00546. The van der Waals surface area contributed by atoms with Crippen molar-refractivity contribution in [2.75, 3.05) is 39.3 Å². The predicted molar refractivity (Wildman–Crippen MR) is 124 cm³/mol. The Bertz CT molecular complexity index is 990. The summed E-state index contributed by atoms with van der Waals surface area (Å²) in [5.74, 6) is 1.19. The summed E-state index contributed by atoms with van der Waals surface area (Å²) in [4.78, 5) is 48.3. The van der Waals surface area contributed by atoms with Gasteiger partial charge in [-0.25, -0.2) is 0 Å². The Morgan fingerprint density at radius 1 is 0.818 bits per heavy atom. The maximum atomic E-state index is 12.4. The third kappa shape index (κ3) is 5.24. The van der Waals surface area contributed by atoms with Crippen molar-refractivity contribution in [2.24, 2.45) is 0 Å². The first kappa shape index (κ1) is 22.4. The van der Waals surface area contributed by atoms with E-state index in [4.69, 9.17) is 14.3 Å². The number of Topliss-reactive ketones (excluding diaryl/α,β-unsaturated/α-hetero) is 1. The van der Waals surface area contributed by atoms with Gasteiger partial charge in [-0.3, -0.25) is 9.59 Å². The maximum absolute atomic E-state index is 12.4. The number of ketones is 2. The first-order valence-electron chi connectivity index (χ1n) is 11.8. The van der Waals surface area contributed by atoms with E-state index in [2.05, 4.69) is 0 Å². The molecule has 0 amide bonds. The summed E-state index contributed by atoms with van der Waals surface area (Å²) in [7, 11) is -2.31. The highest BCUT2D eigenvalue weighted by Crippen LogP contribution is 2.40. The molecule has 4 fully saturated rings. The summed E-state index contributed by atoms with van der Waals surface area (Å²) in [6.07, 6.45) is 7.70. The molecule has 1 saturated carbocycles. The lowest BCUT2D eigenvalue weighted by atomic mass is 9.84. The van der Waals surface area contributed by atoms with Crippen LogP contribution in [-0.2, 0) is 9.59 Å². The Labute approximate surface area is 195 Å². The van der Waals surface area contributed by atoms with Gasteiger partial charge in [0, 0.05) is 45.3 Å². The number of carbonyl (C=O) groups is 2. The van der Waals surface area contributed by atoms with Crippen LogP contribution in [0.15, 0.2) is 47.4 Å². The smallest absolute Gasteiger partial charge is 0.391 e. The molecule has 0 bridgehead atoms. The van der Waals surface area contributed by atoms with Gasteiger partial charge < -0.3 is 29.0 Å². The third-order valence-corrected chi connectivity index (χ3v) is 6.99. The van der Waals surface area contributed by atoms with E-state index in [1.54, 1.807) is 0 Å². The van der Waals surface area contributed by atoms with E-state index in [0.717, 1.165) is 44.8 Å². The number of benzene rings is 1. The van der Waals surface area contributed by atoms with Crippen LogP contribution in [0.4, 0.5) is 0 Å². The van der Waals surface area contributed by atoms with E-state index < -0.39 is 8.60 Å². The minimum atomic E-state index is -2.31. The first-order chi connectivity index (χ1) is 16.0. The van der Waals surface area contributed by atoms with Gasteiger partial charge in [-0.15, -0.1) is 0 Å². The van der Waals surface area contributed by atoms with Crippen LogP contribution >= 0.6 is 8.60 Å². The summed E-state index contributed by atoms with van der Waals surface area (Å²) in [6.45, 7) is 5.41. The molecule has 1 aromatic rings. The van der Waals surface area contributed by atoms with Crippen LogP contribution < -0.4 is 4.52 Å². The van der Waals surface area contributed by atoms with Crippen molar-refractivity contribution in [3.8, 4) is 5.75 Å². The topological polar surface area (TPSA) is 92.9 Å². The van der Waals surface area contributed by atoms with Crippen molar-refractivity contribution in [1.82, 2.24) is 14.7 Å². The first-order valence-corrected chi connectivity index (χ1v) is 12.9. The van der Waals surface area contributed by atoms with Gasteiger partial charge in [0.1, 0.15) is 17.1 Å². The van der Waals surface area contributed by atoms with E-state index >= 15 is 0 Å². The van der Waals surface area contributed by atoms with Crippen LogP contribution in [0.3, 0.4) is 0 Å². The van der Waals surface area contributed by atoms with Gasteiger partial charge in [0.2, 0.25) is 11.6 Å². The summed E-state index contributed by atoms with van der Waals surface area (Å²) in [5, 5.41) is 0. The third-order valence-electron chi connectivity index (χ3n) is 6.63. The van der Waals surface area contributed by atoms with Crippen LogP contribution in [0.5, 0.6) is 5.75 Å². The molecule has 33 heavy (non-hydrogen) atoms. The van der Waals surface area contributed by atoms with Crippen molar-refractivity contribution < 1.29 is 23.9 Å². The fraction of sp³-hybridized carbons (Fsp3) is 0.500. The molecule has 0 unspecified atom stereocenters. The molecule has 0 radical (unpaired) electrons. The minimum Gasteiger partial charge on any atom is -0.427 e. The molecule has 9 heteroatoms. The van der Waals surface area contributed by atoms with E-state index in [0.29, 0.717) is 28.8 Å². The van der Waals surface area contributed by atoms with Gasteiger partial charge in [0.05, 0.1) is 5.70 Å². The monoisotopic (exact) mass is 471 g/mol. The molecule has 3 aliphatic heterocycles. The summed E-state index contributed by atoms with van der Waals surface area (Å²) in [6, 6.07) is 7.68. The van der Waals surface area contributed by atoms with Gasteiger partial charge in [-0.2, -0.15) is 0 Å². The summed E-state index contributed by atoms with van der Waals surface area (Å²) < 4.78 is 5.07. The van der Waals surface area contributed by atoms with Crippen LogP contribution in [0.2, 0.25) is 0 Å². The Hall–Kier alpha value is -2.41. The molecule has 0 aromatic heterocycles. The average molecular weight is 471 g/mol. The lowest BCUT2D eigenvalue weighted by Crippen LogP contribution is -2.29. The molecule has 2 aliphatic carbocycles. The zero-order valence-electron chi connectivity index (χ0n) is 18.7. The van der Waals surface area contributed by atoms with E-state index in [-0.39, 0.29) is 11.6 Å². The molecule has 1 aromatic carbocycles. The largest absolute Gasteiger partial charge is 0.427 e. The number of carbonyl (C=O) groups excluding carboxylic acids is 2. The highest BCUT2D eigenvalue weighted by atomic mass is 31.2. The van der Waals surface area contributed by atoms with Crippen LogP contribution in [0.1, 0.15) is 43.6 Å². The number of nitrogens with zero attached hydrogens (tertiary/aromatic N) is 3. The predicted octanol–water partition coefficient (Wildman–Crippen LogP) is 2.51. The quantitative estimate of drug-likeness (QED) is 0.372. The molecule has 0 spiro atoms. The Morgan fingerprint density at radius 3 is 2.03 bits per heavy atom. The maximum Gasteiger partial charge on any atom is 0.391 e. The Balaban J connectivity index is 0.000000139. The second-order valence-electron chi connectivity index (χ2n) is 9.10. The van der Waals surface area contributed by atoms with Gasteiger partial charge in [-0.1, -0.05) is 37.5 Å². The number of para-hydroxylation sites is 1. The Kier molecular flexibility index (Phi) is 6.41. The van der Waals surface area contributed by atoms with Crippen LogP contribution in [-0.4, -0.2) is 75.3 Å². The highest BCUT2D eigenvalue weighted by molar-refractivity contribution is 7.39. The van der Waals surface area contributed by atoms with E-state index in [9.17, 15) is 9.59 Å². The molecule has 3 saturated heterocycles. The molecule has 176 valence electrons. The summed E-state index contributed by atoms with van der Waals surface area (Å²) in [5.41, 5.74) is 3.01. The van der Waals surface area contributed by atoms with Gasteiger partial charge >= 0.3 is 8.60 Å². The molecule has 8 nitrogen and oxygen atoms in total. The van der Waals surface area contributed by atoms with Crippen LogP contribution in [0.25, 0.3) is 0 Å². The van der Waals surface area contributed by atoms with Gasteiger partial charge in [0.25, 0.3) is 0 Å². The standard InChI is InChI=1S/C12H13N3O2.C12H17O3P/c16-9-7-8(13-1-2-13)12(17)11(15-5-6-15)10(9)14-3-4-14;13-16(14)15-12-9-5-4-8-11(12)10-6-2-1-3-7-10/h7H,1-6H2;4-5,8-10,13-14H,1-3,6-7H2. The normalized spacial score (nSPS) is 22.3. The lowest BCUT2D eigenvalue weighted by Gasteiger charge is -2.24. The van der Waals surface area contributed by atoms with Crippen molar-refractivity contribution in [3.63, 3.8) is 0 Å². The SMILES string of the molecule is O=C1C=C(N2CC2)C(=O)C(N2CC2)=C1N1CC1.OP(O)Oc1ccccc1C1CCCCC1. The fourth-order valence-electron chi connectivity index (χ4n) is 4.68. The van der Waals surface area contributed by atoms with Crippen molar-refractivity contribution >= 4 is 20.2 Å². The lowest BCUT2D eigenvalue weighted by molar-refractivity contribution is -0.117. The number of hydrogen-bond donors (Lipinski definition) is 2. The zero-order valence-corrected chi connectivity index (χ0v) is 19.5. The molecular formula is C24H30N3O5P. The van der Waals surface area contributed by atoms with Crippen molar-refractivity contribution in [2.45, 2.75) is 38.0 Å². The van der Waals surface area contributed by atoms with E-state index in [1.165, 1.54) is 38.2 Å². The summed E-state index contributed by atoms with van der Waals surface area (Å²) >= 11 is 0. The molecule has 0 atom stereocenters. The van der Waals surface area contributed by atoms with Crippen molar-refractivity contribution in [3.05, 3.63) is 53.0 Å². The second-order valence-corrected chi connectivity index (χ2v) is 9.79. The number of allylic oxidation sites excluding steroid dienone is 1. The molecular weight excluding hydrogens is 441 g/mol. The van der Waals surface area contributed by atoms with Gasteiger partial charge in [-0.05, 0) is 30.4 Å². The molecule has 5 aliphatic rings.